The van der Waals surface area contributed by atoms with Crippen molar-refractivity contribution < 1.29 is 19.0 Å². The van der Waals surface area contributed by atoms with Gasteiger partial charge in [-0.2, -0.15) is 0 Å². The lowest BCUT2D eigenvalue weighted by atomic mass is 9.96. The second-order valence-electron chi connectivity index (χ2n) is 4.92. The molecule has 0 aliphatic rings. The first kappa shape index (κ1) is 15.3. The van der Waals surface area contributed by atoms with Crippen LogP contribution < -0.4 is 9.47 Å². The number of aryl methyl sites for hydroxylation is 1. The van der Waals surface area contributed by atoms with Crippen molar-refractivity contribution in [3.8, 4) is 11.5 Å². The zero-order valence-corrected chi connectivity index (χ0v) is 12.6. The van der Waals surface area contributed by atoms with E-state index in [1.807, 2.05) is 19.9 Å². The Labute approximate surface area is 124 Å². The van der Waals surface area contributed by atoms with Gasteiger partial charge in [0.2, 0.25) is 0 Å². The maximum absolute atomic E-state index is 14.1. The molecule has 0 spiro atoms. The number of methoxy groups -OCH3 is 2. The van der Waals surface area contributed by atoms with Gasteiger partial charge in [-0.3, -0.25) is 0 Å². The molecule has 1 N–H and O–H groups in total. The molecule has 1 unspecified atom stereocenters. The van der Waals surface area contributed by atoms with Gasteiger partial charge in [-0.1, -0.05) is 12.1 Å². The number of aliphatic hydroxyl groups is 1. The van der Waals surface area contributed by atoms with E-state index in [2.05, 4.69) is 0 Å². The molecule has 0 radical (unpaired) electrons. The lowest BCUT2D eigenvalue weighted by molar-refractivity contribution is 0.209. The predicted octanol–water partition coefficient (Wildman–Crippen LogP) is 3.54. The quantitative estimate of drug-likeness (QED) is 0.936. The molecule has 2 rings (SSSR count). The van der Waals surface area contributed by atoms with Gasteiger partial charge >= 0.3 is 0 Å². The van der Waals surface area contributed by atoms with Gasteiger partial charge in [0, 0.05) is 17.2 Å². The molecule has 112 valence electrons. The fourth-order valence-electron chi connectivity index (χ4n) is 2.32. The van der Waals surface area contributed by atoms with Gasteiger partial charge in [-0.25, -0.2) is 4.39 Å². The fraction of sp³-hybridized carbons (Fsp3) is 0.294. The van der Waals surface area contributed by atoms with E-state index in [-0.39, 0.29) is 5.56 Å². The summed E-state index contributed by atoms with van der Waals surface area (Å²) in [5.74, 6) is 0.482. The molecular formula is C17H19FO3. The highest BCUT2D eigenvalue weighted by molar-refractivity contribution is 5.49. The molecule has 21 heavy (non-hydrogen) atoms. The van der Waals surface area contributed by atoms with E-state index in [1.165, 1.54) is 19.2 Å². The largest absolute Gasteiger partial charge is 0.497 e. The zero-order valence-electron chi connectivity index (χ0n) is 12.6. The molecule has 0 aliphatic heterocycles. The maximum atomic E-state index is 14.1. The van der Waals surface area contributed by atoms with Crippen molar-refractivity contribution in [1.82, 2.24) is 0 Å². The smallest absolute Gasteiger partial charge is 0.133 e. The SMILES string of the molecule is COc1ccc(C(O)c2ccc(C)c(C)c2OC)c(F)c1. The second kappa shape index (κ2) is 6.14. The van der Waals surface area contributed by atoms with Crippen LogP contribution in [0.15, 0.2) is 30.3 Å². The van der Waals surface area contributed by atoms with Gasteiger partial charge in [0.25, 0.3) is 0 Å². The number of aliphatic hydroxyl groups excluding tert-OH is 1. The van der Waals surface area contributed by atoms with Gasteiger partial charge in [0.1, 0.15) is 23.4 Å². The predicted molar refractivity (Wildman–Crippen MR) is 79.5 cm³/mol. The van der Waals surface area contributed by atoms with Crippen LogP contribution in [0.1, 0.15) is 28.4 Å². The van der Waals surface area contributed by atoms with E-state index in [4.69, 9.17) is 9.47 Å². The Bertz CT molecular complexity index is 653. The Kier molecular flexibility index (Phi) is 4.48. The first-order valence-corrected chi connectivity index (χ1v) is 6.65. The highest BCUT2D eigenvalue weighted by Gasteiger charge is 2.21. The van der Waals surface area contributed by atoms with Crippen molar-refractivity contribution in [3.63, 3.8) is 0 Å². The fourth-order valence-corrected chi connectivity index (χ4v) is 2.32. The van der Waals surface area contributed by atoms with Gasteiger partial charge < -0.3 is 14.6 Å². The molecule has 0 bridgehead atoms. The Hall–Kier alpha value is -2.07. The number of ether oxygens (including phenoxy) is 2. The number of hydrogen-bond donors (Lipinski definition) is 1. The molecule has 0 heterocycles. The highest BCUT2D eigenvalue weighted by Crippen LogP contribution is 2.35. The third-order valence-corrected chi connectivity index (χ3v) is 3.71. The summed E-state index contributed by atoms with van der Waals surface area (Å²) in [5.41, 5.74) is 2.72. The number of halogens is 1. The average Bonchev–Trinajstić information content (AvgIpc) is 2.49. The third kappa shape index (κ3) is 2.85. The molecule has 0 saturated carbocycles. The van der Waals surface area contributed by atoms with Crippen LogP contribution in [-0.2, 0) is 0 Å². The molecule has 4 heteroatoms. The van der Waals surface area contributed by atoms with E-state index < -0.39 is 11.9 Å². The van der Waals surface area contributed by atoms with Crippen molar-refractivity contribution >= 4 is 0 Å². The molecule has 0 aromatic heterocycles. The minimum absolute atomic E-state index is 0.192. The van der Waals surface area contributed by atoms with Crippen LogP contribution >= 0.6 is 0 Å². The maximum Gasteiger partial charge on any atom is 0.133 e. The van der Waals surface area contributed by atoms with Crippen LogP contribution in [0.3, 0.4) is 0 Å². The van der Waals surface area contributed by atoms with Crippen LogP contribution in [0.25, 0.3) is 0 Å². The first-order chi connectivity index (χ1) is 9.99. The van der Waals surface area contributed by atoms with Crippen molar-refractivity contribution in [3.05, 3.63) is 58.4 Å². The molecule has 2 aromatic rings. The highest BCUT2D eigenvalue weighted by atomic mass is 19.1. The van der Waals surface area contributed by atoms with Crippen LogP contribution in [-0.4, -0.2) is 19.3 Å². The molecule has 0 fully saturated rings. The van der Waals surface area contributed by atoms with Crippen molar-refractivity contribution in [1.29, 1.82) is 0 Å². The van der Waals surface area contributed by atoms with Crippen molar-refractivity contribution in [2.24, 2.45) is 0 Å². The Balaban J connectivity index is 2.50. The summed E-state index contributed by atoms with van der Waals surface area (Å²) in [6.07, 6.45) is -1.09. The number of hydrogen-bond acceptors (Lipinski definition) is 3. The Morgan fingerprint density at radius 3 is 2.24 bits per heavy atom. The Morgan fingerprint density at radius 1 is 1.00 bits per heavy atom. The minimum atomic E-state index is -1.09. The van der Waals surface area contributed by atoms with Gasteiger partial charge in [-0.15, -0.1) is 0 Å². The topological polar surface area (TPSA) is 38.7 Å². The summed E-state index contributed by atoms with van der Waals surface area (Å²) in [5, 5.41) is 10.5. The summed E-state index contributed by atoms with van der Waals surface area (Å²) in [6.45, 7) is 3.87. The molecule has 0 aliphatic carbocycles. The Morgan fingerprint density at radius 2 is 1.67 bits per heavy atom. The zero-order chi connectivity index (χ0) is 15.6. The van der Waals surface area contributed by atoms with Crippen LogP contribution in [0.4, 0.5) is 4.39 Å². The van der Waals surface area contributed by atoms with E-state index in [0.29, 0.717) is 17.1 Å². The van der Waals surface area contributed by atoms with Crippen LogP contribution in [0, 0.1) is 19.7 Å². The summed E-state index contributed by atoms with van der Waals surface area (Å²) < 4.78 is 24.5. The summed E-state index contributed by atoms with van der Waals surface area (Å²) in [4.78, 5) is 0. The van der Waals surface area contributed by atoms with Crippen molar-refractivity contribution in [2.75, 3.05) is 14.2 Å². The lowest BCUT2D eigenvalue weighted by Crippen LogP contribution is -2.06. The van der Waals surface area contributed by atoms with E-state index >= 15 is 0 Å². The summed E-state index contributed by atoms with van der Waals surface area (Å²) in [6, 6.07) is 8.04. The summed E-state index contributed by atoms with van der Waals surface area (Å²) >= 11 is 0. The molecular weight excluding hydrogens is 271 g/mol. The monoisotopic (exact) mass is 290 g/mol. The van der Waals surface area contributed by atoms with E-state index in [0.717, 1.165) is 11.1 Å². The third-order valence-electron chi connectivity index (χ3n) is 3.71. The summed E-state index contributed by atoms with van der Waals surface area (Å²) in [7, 11) is 3.01. The lowest BCUT2D eigenvalue weighted by Gasteiger charge is -2.19. The van der Waals surface area contributed by atoms with Crippen LogP contribution in [0.5, 0.6) is 11.5 Å². The van der Waals surface area contributed by atoms with Gasteiger partial charge in [0.05, 0.1) is 14.2 Å². The standard InChI is InChI=1S/C17H19FO3/c1-10-5-7-14(17(21-4)11(10)2)16(19)13-8-6-12(20-3)9-15(13)18/h5-9,16,19H,1-4H3. The molecule has 1 atom stereocenters. The second-order valence-corrected chi connectivity index (χ2v) is 4.92. The molecule has 2 aromatic carbocycles. The van der Waals surface area contributed by atoms with Gasteiger partial charge in [0.15, 0.2) is 0 Å². The number of rotatable bonds is 4. The average molecular weight is 290 g/mol. The molecule has 0 amide bonds. The molecule has 0 saturated heterocycles. The van der Waals surface area contributed by atoms with E-state index in [9.17, 15) is 9.50 Å². The van der Waals surface area contributed by atoms with Crippen LogP contribution in [0.2, 0.25) is 0 Å². The normalized spacial score (nSPS) is 12.1. The molecule has 3 nitrogen and oxygen atoms in total. The first-order valence-electron chi connectivity index (χ1n) is 6.65. The minimum Gasteiger partial charge on any atom is -0.497 e. The van der Waals surface area contributed by atoms with Gasteiger partial charge in [-0.05, 0) is 37.1 Å². The van der Waals surface area contributed by atoms with E-state index in [1.54, 1.807) is 19.2 Å². The van der Waals surface area contributed by atoms with Crippen molar-refractivity contribution in [2.45, 2.75) is 20.0 Å². The number of benzene rings is 2.